The molecule has 11 heteroatoms. The van der Waals surface area contributed by atoms with Crippen molar-refractivity contribution >= 4 is 44.8 Å². The van der Waals surface area contributed by atoms with Crippen molar-refractivity contribution in [2.45, 2.75) is 4.90 Å². The molecule has 0 unspecified atom stereocenters. The fourth-order valence-corrected chi connectivity index (χ4v) is 4.71. The zero-order chi connectivity index (χ0) is 19.6. The molecule has 8 nitrogen and oxygen atoms in total. The van der Waals surface area contributed by atoms with E-state index in [1.807, 2.05) is 4.90 Å². The van der Waals surface area contributed by atoms with Crippen molar-refractivity contribution in [3.05, 3.63) is 40.6 Å². The summed E-state index contributed by atoms with van der Waals surface area (Å²) in [4.78, 5) is 14.3. The van der Waals surface area contributed by atoms with Crippen LogP contribution in [-0.2, 0) is 21.9 Å². The number of para-hydroxylation sites is 1. The first kappa shape index (κ1) is 20.1. The second-order valence-corrected chi connectivity index (χ2v) is 8.93. The minimum Gasteiger partial charge on any atom is -0.322 e. The topological polar surface area (TPSA) is 87.5 Å². The minimum absolute atomic E-state index is 0.127. The van der Waals surface area contributed by atoms with Crippen molar-refractivity contribution < 1.29 is 13.2 Å². The summed E-state index contributed by atoms with van der Waals surface area (Å²) in [5, 5.41) is 7.35. The minimum atomic E-state index is -3.56. The molecule has 146 valence electrons. The molecule has 1 aromatic heterocycles. The zero-order valence-corrected chi connectivity index (χ0v) is 16.9. The van der Waals surface area contributed by atoms with E-state index in [2.05, 4.69) is 10.4 Å². The number of carbonyl (C=O) groups is 1. The quantitative estimate of drug-likeness (QED) is 0.777. The van der Waals surface area contributed by atoms with Crippen molar-refractivity contribution in [2.24, 2.45) is 7.05 Å². The number of piperazine rings is 1. The van der Waals surface area contributed by atoms with Crippen LogP contribution in [0.15, 0.2) is 35.5 Å². The predicted molar refractivity (Wildman–Crippen MR) is 103 cm³/mol. The number of sulfonamides is 1. The first-order chi connectivity index (χ1) is 12.8. The number of hydrogen-bond donors (Lipinski definition) is 1. The highest BCUT2D eigenvalue weighted by Gasteiger charge is 2.30. The molecule has 1 saturated heterocycles. The van der Waals surface area contributed by atoms with E-state index >= 15 is 0 Å². The average Bonchev–Trinajstić information content (AvgIpc) is 3.06. The van der Waals surface area contributed by atoms with Gasteiger partial charge in [0.25, 0.3) is 0 Å². The normalized spacial score (nSPS) is 16.4. The maximum atomic E-state index is 12.6. The highest BCUT2D eigenvalue weighted by molar-refractivity contribution is 7.89. The summed E-state index contributed by atoms with van der Waals surface area (Å²) in [5.41, 5.74) is 0.378. The maximum absolute atomic E-state index is 12.6. The van der Waals surface area contributed by atoms with Crippen LogP contribution in [0.1, 0.15) is 0 Å². The second-order valence-electron chi connectivity index (χ2n) is 6.17. The van der Waals surface area contributed by atoms with E-state index in [0.29, 0.717) is 41.9 Å². The average molecular weight is 432 g/mol. The van der Waals surface area contributed by atoms with E-state index in [9.17, 15) is 13.2 Å². The van der Waals surface area contributed by atoms with Gasteiger partial charge in [0.1, 0.15) is 4.90 Å². The Kier molecular flexibility index (Phi) is 6.07. The third kappa shape index (κ3) is 4.61. The molecule has 3 rings (SSSR count). The molecular formula is C16H19Cl2N5O3S. The number of nitrogens with zero attached hydrogens (tertiary/aromatic N) is 4. The molecule has 1 aliphatic heterocycles. The van der Waals surface area contributed by atoms with Crippen LogP contribution in [0, 0.1) is 0 Å². The Balaban J connectivity index is 1.56. The smallest absolute Gasteiger partial charge is 0.246 e. The van der Waals surface area contributed by atoms with Gasteiger partial charge in [-0.3, -0.25) is 14.4 Å². The highest BCUT2D eigenvalue weighted by atomic mass is 35.5. The van der Waals surface area contributed by atoms with Crippen molar-refractivity contribution in [2.75, 3.05) is 38.0 Å². The summed E-state index contributed by atoms with van der Waals surface area (Å²) in [6, 6.07) is 4.98. The van der Waals surface area contributed by atoms with Crippen LogP contribution in [0.2, 0.25) is 10.0 Å². The van der Waals surface area contributed by atoms with Gasteiger partial charge < -0.3 is 5.32 Å². The van der Waals surface area contributed by atoms with E-state index in [1.165, 1.54) is 21.4 Å². The number of nitrogens with one attached hydrogen (secondary N) is 1. The lowest BCUT2D eigenvalue weighted by Crippen LogP contribution is -2.50. The fourth-order valence-electron chi connectivity index (χ4n) is 2.81. The Morgan fingerprint density at radius 2 is 1.81 bits per heavy atom. The molecule has 1 N–H and O–H groups in total. The standard InChI is InChI=1S/C16H19Cl2N5O3S/c1-21-10-12(9-19-21)27(25,26)23-7-5-22(6-8-23)11-15(24)20-16-13(17)3-2-4-14(16)18/h2-4,9-10H,5-8,11H2,1H3,(H,20,24). The van der Waals surface area contributed by atoms with Crippen molar-refractivity contribution in [1.29, 1.82) is 0 Å². The number of aryl methyl sites for hydroxylation is 1. The molecule has 1 aliphatic rings. The molecule has 1 aromatic carbocycles. The number of halogens is 2. The highest BCUT2D eigenvalue weighted by Crippen LogP contribution is 2.29. The van der Waals surface area contributed by atoms with Crippen LogP contribution in [-0.4, -0.2) is 66.0 Å². The molecule has 0 aliphatic carbocycles. The number of anilines is 1. The molecule has 0 saturated carbocycles. The maximum Gasteiger partial charge on any atom is 0.246 e. The van der Waals surface area contributed by atoms with Crippen LogP contribution in [0.5, 0.6) is 0 Å². The van der Waals surface area contributed by atoms with E-state index in [1.54, 1.807) is 25.2 Å². The van der Waals surface area contributed by atoms with Gasteiger partial charge in [-0.15, -0.1) is 0 Å². The van der Waals surface area contributed by atoms with E-state index in [4.69, 9.17) is 23.2 Å². The Morgan fingerprint density at radius 3 is 2.37 bits per heavy atom. The van der Waals surface area contributed by atoms with Gasteiger partial charge in [-0.2, -0.15) is 9.40 Å². The molecule has 27 heavy (non-hydrogen) atoms. The zero-order valence-electron chi connectivity index (χ0n) is 14.6. The summed E-state index contributed by atoms with van der Waals surface area (Å²) in [7, 11) is -1.90. The molecular weight excluding hydrogens is 413 g/mol. The Labute approximate surface area is 167 Å². The molecule has 1 fully saturated rings. The number of carbonyl (C=O) groups excluding carboxylic acids is 1. The van der Waals surface area contributed by atoms with Crippen LogP contribution >= 0.6 is 23.2 Å². The third-order valence-electron chi connectivity index (χ3n) is 4.24. The number of rotatable bonds is 5. The van der Waals surface area contributed by atoms with Gasteiger partial charge in [0.2, 0.25) is 15.9 Å². The monoisotopic (exact) mass is 431 g/mol. The molecule has 0 atom stereocenters. The first-order valence-corrected chi connectivity index (χ1v) is 10.4. The fraction of sp³-hybridized carbons (Fsp3) is 0.375. The molecule has 2 heterocycles. The summed E-state index contributed by atoms with van der Waals surface area (Å²) < 4.78 is 28.0. The third-order valence-corrected chi connectivity index (χ3v) is 6.73. The lowest BCUT2D eigenvalue weighted by atomic mass is 10.3. The number of hydrogen-bond acceptors (Lipinski definition) is 5. The Bertz CT molecular complexity index is 919. The van der Waals surface area contributed by atoms with E-state index in [0.717, 1.165) is 0 Å². The summed E-state index contributed by atoms with van der Waals surface area (Å²) in [6.45, 7) is 1.63. The molecule has 0 spiro atoms. The second kappa shape index (κ2) is 8.15. The van der Waals surface area contributed by atoms with Gasteiger partial charge in [0.05, 0.1) is 28.5 Å². The lowest BCUT2D eigenvalue weighted by molar-refractivity contribution is -0.117. The van der Waals surface area contributed by atoms with E-state index in [-0.39, 0.29) is 17.3 Å². The molecule has 0 radical (unpaired) electrons. The van der Waals surface area contributed by atoms with Gasteiger partial charge >= 0.3 is 0 Å². The molecule has 1 amide bonds. The Morgan fingerprint density at radius 1 is 1.19 bits per heavy atom. The van der Waals surface area contributed by atoms with E-state index < -0.39 is 10.0 Å². The van der Waals surface area contributed by atoms with Gasteiger partial charge in [-0.05, 0) is 12.1 Å². The lowest BCUT2D eigenvalue weighted by Gasteiger charge is -2.33. The van der Waals surface area contributed by atoms with Crippen molar-refractivity contribution in [3.8, 4) is 0 Å². The largest absolute Gasteiger partial charge is 0.322 e. The SMILES string of the molecule is Cn1cc(S(=O)(=O)N2CCN(CC(=O)Nc3c(Cl)cccc3Cl)CC2)cn1. The van der Waals surface area contributed by atoms with Gasteiger partial charge in [0, 0.05) is 39.4 Å². The first-order valence-electron chi connectivity index (χ1n) is 8.22. The van der Waals surface area contributed by atoms with Crippen molar-refractivity contribution in [3.63, 3.8) is 0 Å². The summed E-state index contributed by atoms with van der Waals surface area (Å²) in [5.74, 6) is -0.256. The molecule has 2 aromatic rings. The summed E-state index contributed by atoms with van der Waals surface area (Å²) >= 11 is 12.1. The number of benzene rings is 1. The van der Waals surface area contributed by atoms with Gasteiger partial charge in [0.15, 0.2) is 0 Å². The molecule has 0 bridgehead atoms. The summed E-state index contributed by atoms with van der Waals surface area (Å²) in [6.07, 6.45) is 2.81. The van der Waals surface area contributed by atoms with Crippen molar-refractivity contribution in [1.82, 2.24) is 19.0 Å². The number of aromatic nitrogens is 2. The van der Waals surface area contributed by atoms with Crippen LogP contribution in [0.25, 0.3) is 0 Å². The van der Waals surface area contributed by atoms with Crippen LogP contribution in [0.4, 0.5) is 5.69 Å². The number of amides is 1. The van der Waals surface area contributed by atoms with Gasteiger partial charge in [-0.25, -0.2) is 8.42 Å². The predicted octanol–water partition coefficient (Wildman–Crippen LogP) is 1.67. The van der Waals surface area contributed by atoms with Crippen LogP contribution in [0.3, 0.4) is 0 Å². The van der Waals surface area contributed by atoms with Crippen LogP contribution < -0.4 is 5.32 Å². The Hall–Kier alpha value is -1.65. The van der Waals surface area contributed by atoms with Gasteiger partial charge in [-0.1, -0.05) is 29.3 Å².